The van der Waals surface area contributed by atoms with Gasteiger partial charge in [-0.15, -0.1) is 0 Å². The molecule has 4 nitrogen and oxygen atoms in total. The number of amidine groups is 1. The monoisotopic (exact) mass is 287 g/mol. The van der Waals surface area contributed by atoms with E-state index in [0.29, 0.717) is 17.8 Å². The van der Waals surface area contributed by atoms with Gasteiger partial charge in [0.2, 0.25) is 0 Å². The lowest BCUT2D eigenvalue weighted by atomic mass is 10.1. The van der Waals surface area contributed by atoms with E-state index in [1.807, 2.05) is 43.0 Å². The Labute approximate surface area is 123 Å². The van der Waals surface area contributed by atoms with Crippen LogP contribution in [-0.4, -0.2) is 17.6 Å². The fourth-order valence-corrected chi connectivity index (χ4v) is 2.29. The molecule has 110 valence electrons. The van der Waals surface area contributed by atoms with Crippen molar-refractivity contribution in [2.45, 2.75) is 13.8 Å². The third-order valence-corrected chi connectivity index (χ3v) is 3.26. The summed E-state index contributed by atoms with van der Waals surface area (Å²) in [4.78, 5) is 1.99. The van der Waals surface area contributed by atoms with Gasteiger partial charge in [-0.3, -0.25) is 0 Å². The van der Waals surface area contributed by atoms with Gasteiger partial charge in [0.15, 0.2) is 5.84 Å². The summed E-state index contributed by atoms with van der Waals surface area (Å²) in [6.07, 6.45) is 0. The van der Waals surface area contributed by atoms with Crippen molar-refractivity contribution in [3.05, 3.63) is 59.4 Å². The molecule has 0 amide bonds. The number of rotatable bonds is 4. The number of aryl methyl sites for hydroxylation is 1. The van der Waals surface area contributed by atoms with E-state index in [-0.39, 0.29) is 5.84 Å². The first kappa shape index (κ1) is 14.8. The van der Waals surface area contributed by atoms with Gasteiger partial charge in [0.1, 0.15) is 5.82 Å². The average Bonchev–Trinajstić information content (AvgIpc) is 2.48. The standard InChI is InChI=1S/C16H18FN3O/c1-3-20(13-6-4-5-11(2)9-13)15-8-7-12(17)10-14(15)16(18)19-21/h4-10,21H,3H2,1-2H3,(H2,18,19). The van der Waals surface area contributed by atoms with Crippen molar-refractivity contribution >= 4 is 17.2 Å². The number of nitrogens with two attached hydrogens (primary N) is 1. The highest BCUT2D eigenvalue weighted by molar-refractivity contribution is 6.03. The van der Waals surface area contributed by atoms with Crippen LogP contribution in [0.5, 0.6) is 0 Å². The maximum atomic E-state index is 13.5. The summed E-state index contributed by atoms with van der Waals surface area (Å²) in [5, 5.41) is 11.9. The Hall–Kier alpha value is -2.56. The summed E-state index contributed by atoms with van der Waals surface area (Å²) < 4.78 is 13.5. The molecule has 0 unspecified atom stereocenters. The lowest BCUT2D eigenvalue weighted by Crippen LogP contribution is -2.22. The Kier molecular flexibility index (Phi) is 4.42. The Bertz CT molecular complexity index is 670. The summed E-state index contributed by atoms with van der Waals surface area (Å²) in [7, 11) is 0. The van der Waals surface area contributed by atoms with Crippen molar-refractivity contribution in [1.82, 2.24) is 0 Å². The van der Waals surface area contributed by atoms with Crippen LogP contribution in [-0.2, 0) is 0 Å². The summed E-state index contributed by atoms with van der Waals surface area (Å²) in [6, 6.07) is 12.2. The SMILES string of the molecule is CCN(c1cccc(C)c1)c1ccc(F)cc1C(N)=NO. The van der Waals surface area contributed by atoms with Gasteiger partial charge in [-0.25, -0.2) is 4.39 Å². The molecule has 0 bridgehead atoms. The first-order valence-electron chi connectivity index (χ1n) is 6.68. The van der Waals surface area contributed by atoms with Gasteiger partial charge < -0.3 is 15.8 Å². The average molecular weight is 287 g/mol. The second-order valence-electron chi connectivity index (χ2n) is 4.73. The zero-order valence-corrected chi connectivity index (χ0v) is 12.0. The van der Waals surface area contributed by atoms with Crippen LogP contribution in [0, 0.1) is 12.7 Å². The predicted molar refractivity (Wildman–Crippen MR) is 82.8 cm³/mol. The molecule has 0 fully saturated rings. The molecular formula is C16H18FN3O. The van der Waals surface area contributed by atoms with Gasteiger partial charge in [-0.2, -0.15) is 0 Å². The van der Waals surface area contributed by atoms with E-state index in [4.69, 9.17) is 10.9 Å². The number of benzene rings is 2. The van der Waals surface area contributed by atoms with E-state index in [1.165, 1.54) is 12.1 Å². The van der Waals surface area contributed by atoms with E-state index in [9.17, 15) is 4.39 Å². The van der Waals surface area contributed by atoms with Gasteiger partial charge >= 0.3 is 0 Å². The fourth-order valence-electron chi connectivity index (χ4n) is 2.29. The molecule has 0 heterocycles. The maximum absolute atomic E-state index is 13.5. The Morgan fingerprint density at radius 2 is 2.05 bits per heavy atom. The van der Waals surface area contributed by atoms with Crippen molar-refractivity contribution in [3.63, 3.8) is 0 Å². The number of halogens is 1. The Morgan fingerprint density at radius 3 is 2.67 bits per heavy atom. The number of oxime groups is 1. The molecule has 0 aliphatic heterocycles. The molecule has 0 spiro atoms. The molecular weight excluding hydrogens is 269 g/mol. The summed E-state index contributed by atoms with van der Waals surface area (Å²) in [5.41, 5.74) is 8.82. The Morgan fingerprint density at radius 1 is 1.29 bits per heavy atom. The van der Waals surface area contributed by atoms with Gasteiger partial charge in [0.25, 0.3) is 0 Å². The molecule has 0 saturated carbocycles. The fraction of sp³-hybridized carbons (Fsp3) is 0.188. The van der Waals surface area contributed by atoms with E-state index in [1.54, 1.807) is 6.07 Å². The highest BCUT2D eigenvalue weighted by atomic mass is 19.1. The van der Waals surface area contributed by atoms with Crippen LogP contribution < -0.4 is 10.6 Å². The van der Waals surface area contributed by atoms with E-state index in [2.05, 4.69) is 5.16 Å². The highest BCUT2D eigenvalue weighted by Gasteiger charge is 2.15. The van der Waals surface area contributed by atoms with Crippen LogP contribution >= 0.6 is 0 Å². The van der Waals surface area contributed by atoms with Crippen LogP contribution in [0.3, 0.4) is 0 Å². The zero-order valence-electron chi connectivity index (χ0n) is 12.0. The number of anilines is 2. The first-order valence-corrected chi connectivity index (χ1v) is 6.68. The number of nitrogens with zero attached hydrogens (tertiary/aromatic N) is 2. The maximum Gasteiger partial charge on any atom is 0.172 e. The van der Waals surface area contributed by atoms with Crippen LogP contribution in [0.2, 0.25) is 0 Å². The van der Waals surface area contributed by atoms with Crippen molar-refractivity contribution in [2.75, 3.05) is 11.4 Å². The third-order valence-electron chi connectivity index (χ3n) is 3.26. The van der Waals surface area contributed by atoms with E-state index >= 15 is 0 Å². The third kappa shape index (κ3) is 3.13. The Balaban J connectivity index is 2.57. The van der Waals surface area contributed by atoms with Crippen LogP contribution in [0.25, 0.3) is 0 Å². The lowest BCUT2D eigenvalue weighted by Gasteiger charge is -2.26. The molecule has 5 heteroatoms. The van der Waals surface area contributed by atoms with Crippen molar-refractivity contribution in [1.29, 1.82) is 0 Å². The van der Waals surface area contributed by atoms with Crippen molar-refractivity contribution in [2.24, 2.45) is 10.9 Å². The quantitative estimate of drug-likeness (QED) is 0.392. The minimum absolute atomic E-state index is 0.115. The first-order chi connectivity index (χ1) is 10.1. The van der Waals surface area contributed by atoms with Gasteiger partial charge in [0.05, 0.1) is 5.69 Å². The van der Waals surface area contributed by atoms with Gasteiger partial charge in [-0.05, 0) is 49.7 Å². The highest BCUT2D eigenvalue weighted by Crippen LogP contribution is 2.29. The molecule has 0 aliphatic carbocycles. The molecule has 0 aliphatic rings. The van der Waals surface area contributed by atoms with E-state index in [0.717, 1.165) is 11.3 Å². The second-order valence-corrected chi connectivity index (χ2v) is 4.73. The largest absolute Gasteiger partial charge is 0.409 e. The molecule has 0 aromatic heterocycles. The molecule has 2 aromatic rings. The normalized spacial score (nSPS) is 11.5. The van der Waals surface area contributed by atoms with E-state index < -0.39 is 5.82 Å². The van der Waals surface area contributed by atoms with Crippen LogP contribution in [0.15, 0.2) is 47.6 Å². The molecule has 21 heavy (non-hydrogen) atoms. The van der Waals surface area contributed by atoms with Gasteiger partial charge in [0, 0.05) is 17.8 Å². The summed E-state index contributed by atoms with van der Waals surface area (Å²) in [5.74, 6) is -0.545. The molecule has 0 atom stereocenters. The van der Waals surface area contributed by atoms with Crippen molar-refractivity contribution < 1.29 is 9.60 Å². The second kappa shape index (κ2) is 6.26. The topological polar surface area (TPSA) is 61.8 Å². The summed E-state index contributed by atoms with van der Waals surface area (Å²) in [6.45, 7) is 4.66. The van der Waals surface area contributed by atoms with Crippen LogP contribution in [0.1, 0.15) is 18.1 Å². The molecule has 2 aromatic carbocycles. The smallest absolute Gasteiger partial charge is 0.172 e. The number of hydrogen-bond acceptors (Lipinski definition) is 3. The van der Waals surface area contributed by atoms with Gasteiger partial charge in [-0.1, -0.05) is 17.3 Å². The zero-order chi connectivity index (χ0) is 15.4. The molecule has 0 saturated heterocycles. The summed E-state index contributed by atoms with van der Waals surface area (Å²) >= 11 is 0. The molecule has 3 N–H and O–H groups in total. The lowest BCUT2D eigenvalue weighted by molar-refractivity contribution is 0.318. The van der Waals surface area contributed by atoms with Crippen molar-refractivity contribution in [3.8, 4) is 0 Å². The van der Waals surface area contributed by atoms with Crippen LogP contribution in [0.4, 0.5) is 15.8 Å². The molecule has 0 radical (unpaired) electrons. The minimum atomic E-state index is -0.430. The molecule has 2 rings (SSSR count). The minimum Gasteiger partial charge on any atom is -0.409 e. The predicted octanol–water partition coefficient (Wildman–Crippen LogP) is 3.39. The number of hydrogen-bond donors (Lipinski definition) is 2.